The highest BCUT2D eigenvalue weighted by Gasteiger charge is 2.23. The van der Waals surface area contributed by atoms with Crippen molar-refractivity contribution in [1.29, 1.82) is 0 Å². The normalized spacial score (nSPS) is 18.0. The zero-order valence-electron chi connectivity index (χ0n) is 14.7. The number of nitrogens with zero attached hydrogens (tertiary/aromatic N) is 2. The van der Waals surface area contributed by atoms with Crippen molar-refractivity contribution in [2.45, 2.75) is 32.7 Å². The molecule has 2 heterocycles. The Bertz CT molecular complexity index is 585. The van der Waals surface area contributed by atoms with Crippen LogP contribution in [0.2, 0.25) is 0 Å². The van der Waals surface area contributed by atoms with Crippen LogP contribution in [0.15, 0.2) is 27.8 Å². The number of rotatable bonds is 7. The molecule has 25 heavy (non-hydrogen) atoms. The fourth-order valence-corrected chi connectivity index (χ4v) is 2.94. The smallest absolute Gasteiger partial charge is 0.242 e. The Kier molecular flexibility index (Phi) is 7.31. The quantitative estimate of drug-likeness (QED) is 0.489. The largest absolute Gasteiger partial charge is 0.467 e. The van der Waals surface area contributed by atoms with Crippen LogP contribution in [-0.4, -0.2) is 48.9 Å². The zero-order chi connectivity index (χ0) is 18.1. The Morgan fingerprint density at radius 1 is 1.44 bits per heavy atom. The number of piperidine rings is 1. The second-order valence-corrected chi connectivity index (χ2v) is 6.15. The Labute approximate surface area is 147 Å². The molecule has 1 aromatic rings. The number of carbonyl (C=O) groups is 2. The molecule has 1 aliphatic rings. The number of likely N-dealkylation sites (tertiary alicyclic amines) is 1. The predicted molar refractivity (Wildman–Crippen MR) is 94.6 cm³/mol. The first-order valence-electron chi connectivity index (χ1n) is 8.69. The summed E-state index contributed by atoms with van der Waals surface area (Å²) in [6.45, 7) is 4.67. The van der Waals surface area contributed by atoms with Crippen LogP contribution >= 0.6 is 0 Å². The molecule has 2 amide bonds. The number of primary amides is 1. The van der Waals surface area contributed by atoms with Crippen LogP contribution in [0.1, 0.15) is 31.9 Å². The summed E-state index contributed by atoms with van der Waals surface area (Å²) in [5, 5.41) is 5.99. The summed E-state index contributed by atoms with van der Waals surface area (Å²) in [5.74, 6) is 1.20. The first-order valence-corrected chi connectivity index (χ1v) is 8.69. The standard InChI is InChI=1S/C17H27N5O3/c1-2-19-17(22-7-3-5-13(12-22)9-15(18)23)21-11-16(24)20-10-14-6-4-8-25-14/h4,6,8,13H,2-3,5,7,9-12H2,1H3,(H2,18,23)(H,19,21)(H,20,24). The van der Waals surface area contributed by atoms with E-state index in [9.17, 15) is 9.59 Å². The van der Waals surface area contributed by atoms with Crippen LogP contribution in [0.5, 0.6) is 0 Å². The van der Waals surface area contributed by atoms with E-state index in [1.807, 2.05) is 6.92 Å². The molecule has 1 atom stereocenters. The third-order valence-electron chi connectivity index (χ3n) is 4.06. The molecule has 0 radical (unpaired) electrons. The van der Waals surface area contributed by atoms with Crippen molar-refractivity contribution < 1.29 is 14.0 Å². The third kappa shape index (κ3) is 6.48. The Morgan fingerprint density at radius 2 is 2.28 bits per heavy atom. The summed E-state index contributed by atoms with van der Waals surface area (Å²) < 4.78 is 5.18. The van der Waals surface area contributed by atoms with Gasteiger partial charge in [-0.1, -0.05) is 0 Å². The van der Waals surface area contributed by atoms with Gasteiger partial charge in [-0.2, -0.15) is 0 Å². The Hall–Kier alpha value is -2.51. The van der Waals surface area contributed by atoms with Gasteiger partial charge >= 0.3 is 0 Å². The number of nitrogens with two attached hydrogens (primary N) is 1. The second kappa shape index (κ2) is 9.71. The molecule has 0 bridgehead atoms. The van der Waals surface area contributed by atoms with Gasteiger partial charge in [0.15, 0.2) is 5.96 Å². The van der Waals surface area contributed by atoms with Gasteiger partial charge in [-0.3, -0.25) is 9.59 Å². The van der Waals surface area contributed by atoms with E-state index in [0.717, 1.165) is 25.9 Å². The number of nitrogens with one attached hydrogen (secondary N) is 2. The lowest BCUT2D eigenvalue weighted by Crippen LogP contribution is -2.47. The molecule has 0 spiro atoms. The minimum atomic E-state index is -0.272. The number of guanidine groups is 1. The summed E-state index contributed by atoms with van der Waals surface area (Å²) in [7, 11) is 0. The van der Waals surface area contributed by atoms with Crippen LogP contribution < -0.4 is 16.4 Å². The molecule has 0 aliphatic carbocycles. The molecule has 1 aromatic heterocycles. The molecule has 8 nitrogen and oxygen atoms in total. The molecule has 2 rings (SSSR count). The van der Waals surface area contributed by atoms with E-state index < -0.39 is 0 Å². The van der Waals surface area contributed by atoms with E-state index in [4.69, 9.17) is 10.2 Å². The lowest BCUT2D eigenvalue weighted by molar-refractivity contribution is -0.120. The molecular formula is C17H27N5O3. The monoisotopic (exact) mass is 349 g/mol. The summed E-state index contributed by atoms with van der Waals surface area (Å²) in [6.07, 6.45) is 3.93. The summed E-state index contributed by atoms with van der Waals surface area (Å²) in [4.78, 5) is 29.6. The summed E-state index contributed by atoms with van der Waals surface area (Å²) >= 11 is 0. The molecular weight excluding hydrogens is 322 g/mol. The van der Waals surface area contributed by atoms with E-state index in [1.54, 1.807) is 18.4 Å². The Balaban J connectivity index is 1.88. The minimum Gasteiger partial charge on any atom is -0.467 e. The molecule has 4 N–H and O–H groups in total. The van der Waals surface area contributed by atoms with Gasteiger partial charge in [0, 0.05) is 26.1 Å². The molecule has 0 saturated carbocycles. The van der Waals surface area contributed by atoms with Crippen LogP contribution in [0.25, 0.3) is 0 Å². The number of furan rings is 1. The highest BCUT2D eigenvalue weighted by atomic mass is 16.3. The number of carbonyl (C=O) groups excluding carboxylic acids is 2. The van der Waals surface area contributed by atoms with E-state index in [-0.39, 0.29) is 24.3 Å². The van der Waals surface area contributed by atoms with Crippen LogP contribution in [-0.2, 0) is 16.1 Å². The molecule has 1 unspecified atom stereocenters. The maximum Gasteiger partial charge on any atom is 0.242 e. The predicted octanol–water partition coefficient (Wildman–Crippen LogP) is 0.449. The third-order valence-corrected chi connectivity index (χ3v) is 4.06. The molecule has 8 heteroatoms. The van der Waals surface area contributed by atoms with E-state index >= 15 is 0 Å². The number of aliphatic imine (C=N–C) groups is 1. The average Bonchev–Trinajstić information content (AvgIpc) is 3.10. The molecule has 1 fully saturated rings. The fraction of sp³-hybridized carbons (Fsp3) is 0.588. The number of amides is 2. The first-order chi connectivity index (χ1) is 12.1. The van der Waals surface area contributed by atoms with Gasteiger partial charge in [0.1, 0.15) is 12.3 Å². The highest BCUT2D eigenvalue weighted by Crippen LogP contribution is 2.19. The lowest BCUT2D eigenvalue weighted by Gasteiger charge is -2.34. The zero-order valence-corrected chi connectivity index (χ0v) is 14.7. The molecule has 1 aliphatic heterocycles. The van der Waals surface area contributed by atoms with Crippen LogP contribution in [0.4, 0.5) is 0 Å². The maximum absolute atomic E-state index is 12.0. The van der Waals surface area contributed by atoms with Gasteiger partial charge in [-0.15, -0.1) is 0 Å². The topological polar surface area (TPSA) is 113 Å². The van der Waals surface area contributed by atoms with E-state index in [0.29, 0.717) is 31.2 Å². The van der Waals surface area contributed by atoms with Gasteiger partial charge in [0.2, 0.25) is 11.8 Å². The fourth-order valence-electron chi connectivity index (χ4n) is 2.94. The maximum atomic E-state index is 12.0. The lowest BCUT2D eigenvalue weighted by atomic mass is 9.95. The van der Waals surface area contributed by atoms with Gasteiger partial charge in [-0.05, 0) is 37.8 Å². The van der Waals surface area contributed by atoms with Crippen molar-refractivity contribution in [2.75, 3.05) is 26.2 Å². The van der Waals surface area contributed by atoms with Crippen molar-refractivity contribution in [1.82, 2.24) is 15.5 Å². The first kappa shape index (κ1) is 18.8. The van der Waals surface area contributed by atoms with Crippen molar-refractivity contribution in [3.63, 3.8) is 0 Å². The van der Waals surface area contributed by atoms with E-state index in [1.165, 1.54) is 0 Å². The number of hydrogen-bond donors (Lipinski definition) is 3. The van der Waals surface area contributed by atoms with Gasteiger partial charge in [-0.25, -0.2) is 4.99 Å². The highest BCUT2D eigenvalue weighted by molar-refractivity contribution is 5.85. The molecule has 0 aromatic carbocycles. The number of hydrogen-bond acceptors (Lipinski definition) is 4. The Morgan fingerprint density at radius 3 is 2.96 bits per heavy atom. The summed E-state index contributed by atoms with van der Waals surface area (Å²) in [5.41, 5.74) is 5.31. The SMILES string of the molecule is CCNC(=NCC(=O)NCc1ccco1)N1CCCC(CC(N)=O)C1. The van der Waals surface area contributed by atoms with Crippen LogP contribution in [0, 0.1) is 5.92 Å². The van der Waals surface area contributed by atoms with Crippen molar-refractivity contribution in [2.24, 2.45) is 16.6 Å². The van der Waals surface area contributed by atoms with Crippen molar-refractivity contribution >= 4 is 17.8 Å². The minimum absolute atomic E-state index is 0.0417. The molecule has 1 saturated heterocycles. The van der Waals surface area contributed by atoms with Crippen LogP contribution in [0.3, 0.4) is 0 Å². The van der Waals surface area contributed by atoms with Gasteiger partial charge in [0.25, 0.3) is 0 Å². The molecule has 138 valence electrons. The summed E-state index contributed by atoms with van der Waals surface area (Å²) in [6, 6.07) is 3.59. The van der Waals surface area contributed by atoms with Crippen molar-refractivity contribution in [3.8, 4) is 0 Å². The van der Waals surface area contributed by atoms with E-state index in [2.05, 4.69) is 20.5 Å². The second-order valence-electron chi connectivity index (χ2n) is 6.15. The van der Waals surface area contributed by atoms with Crippen molar-refractivity contribution in [3.05, 3.63) is 24.2 Å². The van der Waals surface area contributed by atoms with Gasteiger partial charge < -0.3 is 25.7 Å². The van der Waals surface area contributed by atoms with Gasteiger partial charge in [0.05, 0.1) is 12.8 Å². The average molecular weight is 349 g/mol.